The quantitative estimate of drug-likeness (QED) is 0.732. The molecule has 0 spiro atoms. The summed E-state index contributed by atoms with van der Waals surface area (Å²) in [5.74, 6) is 0. The van der Waals surface area contributed by atoms with Crippen molar-refractivity contribution in [2.24, 2.45) is 0 Å². The van der Waals surface area contributed by atoms with E-state index in [4.69, 9.17) is 5.11 Å². The predicted molar refractivity (Wildman–Crippen MR) is 78.3 cm³/mol. The van der Waals surface area contributed by atoms with Crippen LogP contribution in [0.2, 0.25) is 0 Å². The molecule has 1 aromatic heterocycles. The number of nitrogens with one attached hydrogen (secondary N) is 1. The summed E-state index contributed by atoms with van der Waals surface area (Å²) in [5.41, 5.74) is 0.979. The minimum atomic E-state index is -3.69. The van der Waals surface area contributed by atoms with Crippen LogP contribution in [-0.4, -0.2) is 36.3 Å². The normalized spacial score (nSPS) is 12.9. The maximum Gasteiger partial charge on any atom is 0.263 e. The van der Waals surface area contributed by atoms with Crippen molar-refractivity contribution in [2.45, 2.75) is 17.4 Å². The van der Waals surface area contributed by atoms with Crippen LogP contribution in [0.4, 0.5) is 5.69 Å². The molecular formula is C14H16N2O4S. The number of nitrogens with zero attached hydrogens (tertiary/aromatic N) is 1. The third kappa shape index (κ3) is 4.25. The summed E-state index contributed by atoms with van der Waals surface area (Å²) in [7, 11) is -3.69. The van der Waals surface area contributed by atoms with Crippen molar-refractivity contribution in [1.29, 1.82) is 0 Å². The molecule has 0 saturated heterocycles. The number of pyridine rings is 1. The summed E-state index contributed by atoms with van der Waals surface area (Å²) >= 11 is 0. The number of hydrogen-bond donors (Lipinski definition) is 3. The minimum absolute atomic E-state index is 0.0357. The average Bonchev–Trinajstić information content (AvgIpc) is 2.48. The Kier molecular flexibility index (Phi) is 4.89. The molecule has 0 saturated carbocycles. The Bertz CT molecular complexity index is 672. The van der Waals surface area contributed by atoms with E-state index in [-0.39, 0.29) is 17.9 Å². The largest absolute Gasteiger partial charge is 0.394 e. The Labute approximate surface area is 123 Å². The van der Waals surface area contributed by atoms with Gasteiger partial charge in [0.1, 0.15) is 4.90 Å². The van der Waals surface area contributed by atoms with Gasteiger partial charge in [-0.05, 0) is 24.3 Å². The van der Waals surface area contributed by atoms with E-state index in [2.05, 4.69) is 9.71 Å². The van der Waals surface area contributed by atoms with Crippen LogP contribution in [0, 0.1) is 0 Å². The fourth-order valence-electron chi connectivity index (χ4n) is 1.72. The van der Waals surface area contributed by atoms with Crippen molar-refractivity contribution >= 4 is 15.7 Å². The zero-order valence-corrected chi connectivity index (χ0v) is 12.0. The number of rotatable bonds is 6. The second kappa shape index (κ2) is 6.66. The van der Waals surface area contributed by atoms with Gasteiger partial charge in [0.25, 0.3) is 10.0 Å². The van der Waals surface area contributed by atoms with Crippen LogP contribution in [0.3, 0.4) is 0 Å². The lowest BCUT2D eigenvalue weighted by Gasteiger charge is -2.09. The van der Waals surface area contributed by atoms with Gasteiger partial charge in [-0.3, -0.25) is 9.71 Å². The van der Waals surface area contributed by atoms with E-state index in [0.29, 0.717) is 11.4 Å². The van der Waals surface area contributed by atoms with Crippen molar-refractivity contribution < 1.29 is 18.6 Å². The molecule has 0 bridgehead atoms. The first kappa shape index (κ1) is 15.4. The first-order chi connectivity index (χ1) is 10.0. The fraction of sp³-hybridized carbons (Fsp3) is 0.214. The smallest absolute Gasteiger partial charge is 0.263 e. The van der Waals surface area contributed by atoms with Crippen molar-refractivity contribution in [3.63, 3.8) is 0 Å². The molecule has 2 rings (SSSR count). The summed E-state index contributed by atoms with van der Waals surface area (Å²) in [6.45, 7) is -0.364. The van der Waals surface area contributed by atoms with Gasteiger partial charge in [-0.1, -0.05) is 18.2 Å². The van der Waals surface area contributed by atoms with Crippen molar-refractivity contribution in [2.75, 3.05) is 11.3 Å². The number of hydrogen-bond acceptors (Lipinski definition) is 5. The van der Waals surface area contributed by atoms with Gasteiger partial charge in [0.2, 0.25) is 0 Å². The Morgan fingerprint density at radius 2 is 1.86 bits per heavy atom. The Hall–Kier alpha value is -1.96. The van der Waals surface area contributed by atoms with Gasteiger partial charge in [-0.2, -0.15) is 0 Å². The van der Waals surface area contributed by atoms with Gasteiger partial charge in [0.05, 0.1) is 12.7 Å². The van der Waals surface area contributed by atoms with E-state index in [1.807, 2.05) is 0 Å². The summed E-state index contributed by atoms with van der Waals surface area (Å²) < 4.78 is 26.8. The molecule has 0 amide bonds. The van der Waals surface area contributed by atoms with Crippen LogP contribution in [0.15, 0.2) is 53.6 Å². The van der Waals surface area contributed by atoms with E-state index < -0.39 is 16.1 Å². The third-order valence-corrected chi connectivity index (χ3v) is 4.16. The highest BCUT2D eigenvalue weighted by atomic mass is 32.2. The standard InChI is InChI=1S/C14H16N2O4S/c17-10-13(18)8-12-6-7-14(9-15-12)21(19,20)16-11-4-2-1-3-5-11/h1-7,9,13,16-18H,8,10H2. The zero-order chi connectivity index (χ0) is 15.3. The van der Waals surface area contributed by atoms with E-state index in [1.54, 1.807) is 30.3 Å². The first-order valence-electron chi connectivity index (χ1n) is 6.33. The number of aromatic nitrogens is 1. The molecule has 2 aromatic rings. The fourth-order valence-corrected chi connectivity index (χ4v) is 2.72. The van der Waals surface area contributed by atoms with Crippen LogP contribution in [0.5, 0.6) is 0 Å². The average molecular weight is 308 g/mol. The van der Waals surface area contributed by atoms with Gasteiger partial charge in [0, 0.05) is 24.0 Å². The predicted octanol–water partition coefficient (Wildman–Crippen LogP) is 0.778. The summed E-state index contributed by atoms with van der Waals surface area (Å²) in [6, 6.07) is 11.5. The number of anilines is 1. The Morgan fingerprint density at radius 1 is 1.14 bits per heavy atom. The SMILES string of the molecule is O=S(=O)(Nc1ccccc1)c1ccc(CC(O)CO)nc1. The van der Waals surface area contributed by atoms with Crippen molar-refractivity contribution in [1.82, 2.24) is 4.98 Å². The molecule has 1 unspecified atom stereocenters. The van der Waals surface area contributed by atoms with Crippen LogP contribution < -0.4 is 4.72 Å². The first-order valence-corrected chi connectivity index (χ1v) is 7.81. The maximum atomic E-state index is 12.2. The summed E-state index contributed by atoms with van der Waals surface area (Å²) in [6.07, 6.45) is 0.496. The van der Waals surface area contributed by atoms with Gasteiger partial charge < -0.3 is 10.2 Å². The van der Waals surface area contributed by atoms with Gasteiger partial charge in [-0.15, -0.1) is 0 Å². The van der Waals surface area contributed by atoms with Crippen LogP contribution in [0.1, 0.15) is 5.69 Å². The lowest BCUT2D eigenvalue weighted by atomic mass is 10.2. The van der Waals surface area contributed by atoms with E-state index in [0.717, 1.165) is 0 Å². The van der Waals surface area contributed by atoms with Crippen molar-refractivity contribution in [3.05, 3.63) is 54.4 Å². The summed E-state index contributed by atoms with van der Waals surface area (Å²) in [4.78, 5) is 4.02. The third-order valence-electron chi connectivity index (χ3n) is 2.79. The topological polar surface area (TPSA) is 99.5 Å². The maximum absolute atomic E-state index is 12.2. The summed E-state index contributed by atoms with van der Waals surface area (Å²) in [5, 5.41) is 18.1. The highest BCUT2D eigenvalue weighted by molar-refractivity contribution is 7.92. The van der Waals surface area contributed by atoms with E-state index in [1.165, 1.54) is 18.3 Å². The monoisotopic (exact) mass is 308 g/mol. The molecule has 1 aromatic carbocycles. The molecule has 1 heterocycles. The zero-order valence-electron chi connectivity index (χ0n) is 11.2. The highest BCUT2D eigenvalue weighted by Crippen LogP contribution is 2.15. The minimum Gasteiger partial charge on any atom is -0.394 e. The van der Waals surface area contributed by atoms with E-state index >= 15 is 0 Å². The van der Waals surface area contributed by atoms with Gasteiger partial charge >= 0.3 is 0 Å². The lowest BCUT2D eigenvalue weighted by Crippen LogP contribution is -2.17. The van der Waals surface area contributed by atoms with Crippen LogP contribution >= 0.6 is 0 Å². The number of aliphatic hydroxyl groups excluding tert-OH is 2. The second-order valence-electron chi connectivity index (χ2n) is 4.50. The second-order valence-corrected chi connectivity index (χ2v) is 6.18. The molecule has 0 radical (unpaired) electrons. The Balaban J connectivity index is 2.14. The molecule has 3 N–H and O–H groups in total. The number of para-hydroxylation sites is 1. The van der Waals surface area contributed by atoms with Crippen LogP contribution in [0.25, 0.3) is 0 Å². The van der Waals surface area contributed by atoms with Crippen molar-refractivity contribution in [3.8, 4) is 0 Å². The molecule has 1 atom stereocenters. The molecule has 0 fully saturated rings. The van der Waals surface area contributed by atoms with Crippen LogP contribution in [-0.2, 0) is 16.4 Å². The highest BCUT2D eigenvalue weighted by Gasteiger charge is 2.15. The molecule has 6 nitrogen and oxygen atoms in total. The number of aliphatic hydroxyl groups is 2. The molecule has 112 valence electrons. The molecular weight excluding hydrogens is 292 g/mol. The molecule has 0 aliphatic carbocycles. The lowest BCUT2D eigenvalue weighted by molar-refractivity contribution is 0.0947. The van der Waals surface area contributed by atoms with Gasteiger partial charge in [0.15, 0.2) is 0 Å². The molecule has 0 aliphatic heterocycles. The Morgan fingerprint density at radius 3 is 2.43 bits per heavy atom. The molecule has 21 heavy (non-hydrogen) atoms. The van der Waals surface area contributed by atoms with E-state index in [9.17, 15) is 13.5 Å². The molecule has 0 aliphatic rings. The molecule has 7 heteroatoms. The van der Waals surface area contributed by atoms with Gasteiger partial charge in [-0.25, -0.2) is 8.42 Å². The number of sulfonamides is 1. The number of benzene rings is 1.